The summed E-state index contributed by atoms with van der Waals surface area (Å²) in [6.45, 7) is 0. The number of hydrogen-bond acceptors (Lipinski definition) is 5. The van der Waals surface area contributed by atoms with Crippen LogP contribution in [0.1, 0.15) is 6.42 Å². The second-order valence-corrected chi connectivity index (χ2v) is 6.42. The van der Waals surface area contributed by atoms with Crippen LogP contribution in [0.3, 0.4) is 0 Å². The van der Waals surface area contributed by atoms with Crippen LogP contribution >= 0.6 is 0 Å². The molecule has 1 aliphatic carbocycles. The SMILES string of the molecule is Cn1nc(-c2ccco2)cc1-c1ccc(NC(=O)C2=C(F)C=CC=CC2)nc1N. The molecule has 0 aliphatic heterocycles. The molecule has 4 rings (SSSR count). The molecule has 29 heavy (non-hydrogen) atoms. The Morgan fingerprint density at radius 3 is 2.93 bits per heavy atom. The smallest absolute Gasteiger partial charge is 0.256 e. The summed E-state index contributed by atoms with van der Waals surface area (Å²) >= 11 is 0. The summed E-state index contributed by atoms with van der Waals surface area (Å²) in [5, 5.41) is 7.03. The lowest BCUT2D eigenvalue weighted by atomic mass is 10.1. The zero-order chi connectivity index (χ0) is 20.4. The summed E-state index contributed by atoms with van der Waals surface area (Å²) in [5.74, 6) is -0.0328. The van der Waals surface area contributed by atoms with E-state index in [4.69, 9.17) is 10.2 Å². The molecule has 0 fully saturated rings. The van der Waals surface area contributed by atoms with Crippen molar-refractivity contribution in [1.82, 2.24) is 14.8 Å². The Hall–Kier alpha value is -3.94. The number of carbonyl (C=O) groups excluding carboxylic acids is 1. The van der Waals surface area contributed by atoms with Crippen LogP contribution in [0.4, 0.5) is 16.0 Å². The Bertz CT molecular complexity index is 1160. The first-order chi connectivity index (χ1) is 14.0. The molecule has 146 valence electrons. The number of aromatic nitrogens is 3. The maximum absolute atomic E-state index is 14.0. The summed E-state index contributed by atoms with van der Waals surface area (Å²) in [4.78, 5) is 16.6. The van der Waals surface area contributed by atoms with Crippen molar-refractivity contribution in [3.05, 3.63) is 72.3 Å². The zero-order valence-electron chi connectivity index (χ0n) is 15.6. The van der Waals surface area contributed by atoms with E-state index in [1.807, 2.05) is 12.1 Å². The van der Waals surface area contributed by atoms with E-state index in [0.29, 0.717) is 17.0 Å². The van der Waals surface area contributed by atoms with Crippen LogP contribution in [0, 0.1) is 0 Å². The fourth-order valence-electron chi connectivity index (χ4n) is 3.02. The average Bonchev–Trinajstić information content (AvgIpc) is 3.29. The van der Waals surface area contributed by atoms with Crippen molar-refractivity contribution in [1.29, 1.82) is 0 Å². The molecule has 3 heterocycles. The topological polar surface area (TPSA) is 99.0 Å². The summed E-state index contributed by atoms with van der Waals surface area (Å²) < 4.78 is 21.1. The maximum Gasteiger partial charge on any atom is 0.256 e. The number of amides is 1. The number of nitrogens with two attached hydrogens (primary N) is 1. The Morgan fingerprint density at radius 1 is 1.31 bits per heavy atom. The van der Waals surface area contributed by atoms with Gasteiger partial charge in [-0.3, -0.25) is 9.48 Å². The number of halogens is 1. The fourth-order valence-corrected chi connectivity index (χ4v) is 3.02. The van der Waals surface area contributed by atoms with Gasteiger partial charge in [-0.1, -0.05) is 18.2 Å². The van der Waals surface area contributed by atoms with Gasteiger partial charge in [0.2, 0.25) is 0 Å². The van der Waals surface area contributed by atoms with Crippen LogP contribution in [0.25, 0.3) is 22.7 Å². The third-order valence-electron chi connectivity index (χ3n) is 4.47. The van der Waals surface area contributed by atoms with E-state index in [1.165, 1.54) is 6.08 Å². The van der Waals surface area contributed by atoms with Crippen molar-refractivity contribution < 1.29 is 13.6 Å². The number of nitrogen functional groups attached to an aromatic ring is 1. The molecular weight excluding hydrogens is 373 g/mol. The van der Waals surface area contributed by atoms with E-state index in [1.54, 1.807) is 54.4 Å². The molecule has 3 aromatic heterocycles. The highest BCUT2D eigenvalue weighted by atomic mass is 19.1. The first kappa shape index (κ1) is 18.4. The van der Waals surface area contributed by atoms with E-state index >= 15 is 0 Å². The number of hydrogen-bond donors (Lipinski definition) is 2. The third-order valence-corrected chi connectivity index (χ3v) is 4.47. The number of allylic oxidation sites excluding steroid dienone is 5. The first-order valence-corrected chi connectivity index (χ1v) is 8.91. The Morgan fingerprint density at radius 2 is 2.17 bits per heavy atom. The standard InChI is InChI=1S/C21H18FN5O2/c1-27-17(12-16(26-27)18-8-5-11-29-18)14-9-10-19(24-20(14)23)25-21(28)13-6-3-2-4-7-15(13)22/h2-5,7-12H,6H2,1H3,(H3,23,24,25,28). The number of nitrogens with zero attached hydrogens (tertiary/aromatic N) is 3. The molecule has 1 amide bonds. The van der Waals surface area contributed by atoms with E-state index < -0.39 is 11.7 Å². The molecule has 0 atom stereocenters. The maximum atomic E-state index is 14.0. The minimum Gasteiger partial charge on any atom is -0.463 e. The number of furan rings is 1. The van der Waals surface area contributed by atoms with Crippen LogP contribution in [-0.4, -0.2) is 20.7 Å². The molecule has 7 nitrogen and oxygen atoms in total. The summed E-state index contributed by atoms with van der Waals surface area (Å²) in [5.41, 5.74) is 8.22. The van der Waals surface area contributed by atoms with E-state index in [9.17, 15) is 9.18 Å². The number of carbonyl (C=O) groups is 1. The lowest BCUT2D eigenvalue weighted by Gasteiger charge is -2.10. The monoisotopic (exact) mass is 391 g/mol. The molecule has 0 spiro atoms. The Balaban J connectivity index is 1.58. The van der Waals surface area contributed by atoms with E-state index in [0.717, 1.165) is 5.69 Å². The first-order valence-electron chi connectivity index (χ1n) is 8.91. The molecule has 3 aromatic rings. The number of pyridine rings is 1. The summed E-state index contributed by atoms with van der Waals surface area (Å²) in [6, 6.07) is 8.80. The largest absolute Gasteiger partial charge is 0.463 e. The predicted molar refractivity (Wildman–Crippen MR) is 108 cm³/mol. The van der Waals surface area contributed by atoms with E-state index in [-0.39, 0.29) is 23.6 Å². The van der Waals surface area contributed by atoms with Crippen molar-refractivity contribution in [2.24, 2.45) is 7.05 Å². The van der Waals surface area contributed by atoms with Gasteiger partial charge < -0.3 is 15.5 Å². The number of rotatable bonds is 4. The quantitative estimate of drug-likeness (QED) is 0.700. The van der Waals surface area contributed by atoms with Crippen molar-refractivity contribution in [2.45, 2.75) is 6.42 Å². The molecule has 0 aromatic carbocycles. The van der Waals surface area contributed by atoms with Crippen LogP contribution in [0.5, 0.6) is 0 Å². The zero-order valence-corrected chi connectivity index (χ0v) is 15.6. The van der Waals surface area contributed by atoms with Gasteiger partial charge in [0.1, 0.15) is 23.2 Å². The van der Waals surface area contributed by atoms with E-state index in [2.05, 4.69) is 15.4 Å². The minimum absolute atomic E-state index is 0.0363. The molecule has 0 radical (unpaired) electrons. The van der Waals surface area contributed by atoms with Crippen LogP contribution in [0.2, 0.25) is 0 Å². The molecule has 3 N–H and O–H groups in total. The summed E-state index contributed by atoms with van der Waals surface area (Å²) in [7, 11) is 1.79. The second kappa shape index (κ2) is 7.59. The molecule has 0 saturated carbocycles. The molecule has 8 heteroatoms. The van der Waals surface area contributed by atoms with Gasteiger partial charge >= 0.3 is 0 Å². The van der Waals surface area contributed by atoms with Crippen molar-refractivity contribution in [2.75, 3.05) is 11.1 Å². The predicted octanol–water partition coefficient (Wildman–Crippen LogP) is 4.00. The molecule has 0 saturated heterocycles. The number of anilines is 2. The van der Waals surface area contributed by atoms with Crippen LogP contribution < -0.4 is 11.1 Å². The van der Waals surface area contributed by atoms with Gasteiger partial charge in [-0.25, -0.2) is 9.37 Å². The Kier molecular flexibility index (Phi) is 4.82. The molecule has 1 aliphatic rings. The fraction of sp³-hybridized carbons (Fsp3) is 0.0952. The normalized spacial score (nSPS) is 13.6. The second-order valence-electron chi connectivity index (χ2n) is 6.42. The molecule has 0 unspecified atom stereocenters. The highest BCUT2D eigenvalue weighted by Crippen LogP contribution is 2.30. The van der Waals surface area contributed by atoms with Gasteiger partial charge in [-0.2, -0.15) is 5.10 Å². The lowest BCUT2D eigenvalue weighted by molar-refractivity contribution is -0.113. The van der Waals surface area contributed by atoms with Gasteiger partial charge in [0.25, 0.3) is 5.91 Å². The van der Waals surface area contributed by atoms with Crippen LogP contribution in [0.15, 0.2) is 76.7 Å². The lowest BCUT2D eigenvalue weighted by Crippen LogP contribution is -2.16. The molecule has 0 bridgehead atoms. The van der Waals surface area contributed by atoms with Gasteiger partial charge in [0, 0.05) is 12.6 Å². The number of aryl methyl sites for hydroxylation is 1. The van der Waals surface area contributed by atoms with Crippen molar-refractivity contribution >= 4 is 17.5 Å². The molecular formula is C21H18FN5O2. The van der Waals surface area contributed by atoms with Crippen LogP contribution in [-0.2, 0) is 11.8 Å². The third kappa shape index (κ3) is 3.73. The summed E-state index contributed by atoms with van der Waals surface area (Å²) in [6.07, 6.45) is 7.98. The van der Waals surface area contributed by atoms with Crippen molar-refractivity contribution in [3.63, 3.8) is 0 Å². The minimum atomic E-state index is -0.572. The highest BCUT2D eigenvalue weighted by molar-refractivity contribution is 6.04. The highest BCUT2D eigenvalue weighted by Gasteiger charge is 2.17. The van der Waals surface area contributed by atoms with Crippen molar-refractivity contribution in [3.8, 4) is 22.7 Å². The Labute approximate surface area is 166 Å². The van der Waals surface area contributed by atoms with Gasteiger partial charge in [0.15, 0.2) is 5.76 Å². The van der Waals surface area contributed by atoms with Gasteiger partial charge in [-0.15, -0.1) is 0 Å². The average molecular weight is 391 g/mol. The van der Waals surface area contributed by atoms with Gasteiger partial charge in [0.05, 0.1) is 17.5 Å². The number of nitrogens with one attached hydrogen (secondary N) is 1. The van der Waals surface area contributed by atoms with Gasteiger partial charge in [-0.05, 0) is 42.8 Å².